The van der Waals surface area contributed by atoms with Crippen molar-refractivity contribution >= 4 is 0 Å². The van der Waals surface area contributed by atoms with E-state index >= 15 is 0 Å². The van der Waals surface area contributed by atoms with Crippen molar-refractivity contribution in [2.75, 3.05) is 26.4 Å². The molecule has 1 unspecified atom stereocenters. The van der Waals surface area contributed by atoms with E-state index in [1.807, 2.05) is 12.1 Å². The van der Waals surface area contributed by atoms with Crippen LogP contribution in [0.1, 0.15) is 38.7 Å². The van der Waals surface area contributed by atoms with Crippen LogP contribution in [0.3, 0.4) is 0 Å². The van der Waals surface area contributed by atoms with Crippen molar-refractivity contribution in [2.24, 2.45) is 0 Å². The van der Waals surface area contributed by atoms with E-state index in [9.17, 15) is 0 Å². The Morgan fingerprint density at radius 1 is 1.29 bits per heavy atom. The number of hydrogen-bond donors (Lipinski definition) is 1. The predicted octanol–water partition coefficient (Wildman–Crippen LogP) is 3.14. The first-order valence-electron chi connectivity index (χ1n) is 8.04. The van der Waals surface area contributed by atoms with E-state index in [2.05, 4.69) is 25.2 Å². The molecule has 0 spiro atoms. The van der Waals surface area contributed by atoms with Crippen molar-refractivity contribution < 1.29 is 14.2 Å². The molecule has 1 saturated heterocycles. The maximum Gasteiger partial charge on any atom is 0.127 e. The summed E-state index contributed by atoms with van der Waals surface area (Å²) in [5.74, 6) is 1.78. The summed E-state index contributed by atoms with van der Waals surface area (Å²) in [5, 5.41) is 3.34. The van der Waals surface area contributed by atoms with E-state index in [1.54, 1.807) is 0 Å². The third kappa shape index (κ3) is 5.21. The Morgan fingerprint density at radius 2 is 2.19 bits per heavy atom. The monoisotopic (exact) mass is 293 g/mol. The van der Waals surface area contributed by atoms with Crippen molar-refractivity contribution in [1.82, 2.24) is 5.32 Å². The van der Waals surface area contributed by atoms with E-state index in [0.29, 0.717) is 6.61 Å². The molecule has 0 radical (unpaired) electrons. The zero-order chi connectivity index (χ0) is 14.9. The van der Waals surface area contributed by atoms with Gasteiger partial charge in [-0.3, -0.25) is 0 Å². The highest BCUT2D eigenvalue weighted by atomic mass is 16.5. The molecule has 1 aliphatic rings. The summed E-state index contributed by atoms with van der Waals surface area (Å²) in [6.45, 7) is 8.18. The summed E-state index contributed by atoms with van der Waals surface area (Å²) in [4.78, 5) is 0. The normalized spacial score (nSPS) is 17.9. The molecule has 0 aliphatic carbocycles. The molecule has 2 rings (SSSR count). The minimum absolute atomic E-state index is 0.234. The zero-order valence-corrected chi connectivity index (χ0v) is 13.2. The van der Waals surface area contributed by atoms with Crippen LogP contribution in [-0.2, 0) is 11.3 Å². The first kappa shape index (κ1) is 16.1. The smallest absolute Gasteiger partial charge is 0.127 e. The van der Waals surface area contributed by atoms with Crippen molar-refractivity contribution in [3.63, 3.8) is 0 Å². The quantitative estimate of drug-likeness (QED) is 0.759. The molecule has 0 amide bonds. The average Bonchev–Trinajstić information content (AvgIpc) is 3.03. The average molecular weight is 293 g/mol. The largest absolute Gasteiger partial charge is 0.493 e. The van der Waals surface area contributed by atoms with Crippen molar-refractivity contribution in [3.8, 4) is 11.5 Å². The molecule has 1 heterocycles. The highest BCUT2D eigenvalue weighted by molar-refractivity contribution is 5.40. The molecule has 1 aromatic rings. The Bertz CT molecular complexity index is 416. The van der Waals surface area contributed by atoms with Gasteiger partial charge >= 0.3 is 0 Å². The van der Waals surface area contributed by atoms with E-state index < -0.39 is 0 Å². The molecule has 1 fully saturated rings. The van der Waals surface area contributed by atoms with Crippen LogP contribution in [0, 0.1) is 0 Å². The van der Waals surface area contributed by atoms with Gasteiger partial charge in [0.1, 0.15) is 18.1 Å². The molecule has 0 bridgehead atoms. The second-order valence-electron chi connectivity index (χ2n) is 5.34. The number of hydrogen-bond acceptors (Lipinski definition) is 4. The Balaban J connectivity index is 2.00. The third-order valence-corrected chi connectivity index (χ3v) is 3.53. The summed E-state index contributed by atoms with van der Waals surface area (Å²) in [6, 6.07) is 6.09. The third-order valence-electron chi connectivity index (χ3n) is 3.53. The Hall–Kier alpha value is -1.26. The second kappa shape index (κ2) is 8.90. The molecule has 21 heavy (non-hydrogen) atoms. The lowest BCUT2D eigenvalue weighted by Crippen LogP contribution is -2.18. The molecule has 1 atom stereocenters. The summed E-state index contributed by atoms with van der Waals surface area (Å²) >= 11 is 0. The predicted molar refractivity (Wildman–Crippen MR) is 84.1 cm³/mol. The lowest BCUT2D eigenvalue weighted by atomic mass is 10.2. The van der Waals surface area contributed by atoms with Gasteiger partial charge in [0.05, 0.1) is 12.7 Å². The van der Waals surface area contributed by atoms with Crippen LogP contribution >= 0.6 is 0 Å². The first-order valence-corrected chi connectivity index (χ1v) is 8.04. The van der Waals surface area contributed by atoms with E-state index in [4.69, 9.17) is 14.2 Å². The minimum atomic E-state index is 0.234. The lowest BCUT2D eigenvalue weighted by molar-refractivity contribution is 0.0675. The fourth-order valence-electron chi connectivity index (χ4n) is 2.34. The SMILES string of the molecule is CCCOc1ccc(CNCC)c(OCC2CCCO2)c1. The van der Waals surface area contributed by atoms with Gasteiger partial charge in [0, 0.05) is 24.8 Å². The number of ether oxygens (including phenoxy) is 3. The fraction of sp³-hybridized carbons (Fsp3) is 0.647. The van der Waals surface area contributed by atoms with Crippen LogP contribution < -0.4 is 14.8 Å². The molecule has 0 saturated carbocycles. The summed E-state index contributed by atoms with van der Waals surface area (Å²) in [5.41, 5.74) is 1.17. The second-order valence-corrected chi connectivity index (χ2v) is 5.34. The van der Waals surface area contributed by atoms with E-state index in [-0.39, 0.29) is 6.10 Å². The van der Waals surface area contributed by atoms with Gasteiger partial charge in [0.2, 0.25) is 0 Å². The Labute approximate surface area is 127 Å². The molecule has 1 aliphatic heterocycles. The van der Waals surface area contributed by atoms with Crippen LogP contribution in [-0.4, -0.2) is 32.5 Å². The maximum atomic E-state index is 5.99. The Morgan fingerprint density at radius 3 is 2.90 bits per heavy atom. The van der Waals surface area contributed by atoms with Crippen LogP contribution in [0.5, 0.6) is 11.5 Å². The van der Waals surface area contributed by atoms with Crippen LogP contribution in [0.15, 0.2) is 18.2 Å². The summed E-state index contributed by atoms with van der Waals surface area (Å²) in [6.07, 6.45) is 3.47. The van der Waals surface area contributed by atoms with E-state index in [0.717, 1.165) is 57.1 Å². The molecular weight excluding hydrogens is 266 g/mol. The molecule has 118 valence electrons. The fourth-order valence-corrected chi connectivity index (χ4v) is 2.34. The molecule has 1 N–H and O–H groups in total. The number of rotatable bonds is 9. The number of nitrogens with one attached hydrogen (secondary N) is 1. The van der Waals surface area contributed by atoms with Gasteiger partial charge in [0.15, 0.2) is 0 Å². The van der Waals surface area contributed by atoms with Gasteiger partial charge in [-0.2, -0.15) is 0 Å². The highest BCUT2D eigenvalue weighted by Crippen LogP contribution is 2.26. The van der Waals surface area contributed by atoms with Crippen molar-refractivity contribution in [3.05, 3.63) is 23.8 Å². The minimum Gasteiger partial charge on any atom is -0.493 e. The molecule has 0 aromatic heterocycles. The van der Waals surface area contributed by atoms with Gasteiger partial charge in [-0.15, -0.1) is 0 Å². The number of benzene rings is 1. The van der Waals surface area contributed by atoms with Gasteiger partial charge in [-0.25, -0.2) is 0 Å². The van der Waals surface area contributed by atoms with Gasteiger partial charge in [-0.1, -0.05) is 19.9 Å². The Kier molecular flexibility index (Phi) is 6.83. The topological polar surface area (TPSA) is 39.7 Å². The highest BCUT2D eigenvalue weighted by Gasteiger charge is 2.17. The standard InChI is InChI=1S/C17H27NO3/c1-3-9-19-15-8-7-14(12-18-4-2)17(11-15)21-13-16-6-5-10-20-16/h7-8,11,16,18H,3-6,9-10,12-13H2,1-2H3. The zero-order valence-electron chi connectivity index (χ0n) is 13.2. The lowest BCUT2D eigenvalue weighted by Gasteiger charge is -2.16. The molecular formula is C17H27NO3. The molecule has 4 nitrogen and oxygen atoms in total. The van der Waals surface area contributed by atoms with Crippen LogP contribution in [0.2, 0.25) is 0 Å². The van der Waals surface area contributed by atoms with Gasteiger partial charge in [0.25, 0.3) is 0 Å². The van der Waals surface area contributed by atoms with Gasteiger partial charge in [-0.05, 0) is 31.9 Å². The molecule has 4 heteroatoms. The summed E-state index contributed by atoms with van der Waals surface area (Å²) in [7, 11) is 0. The maximum absolute atomic E-state index is 5.99. The first-order chi connectivity index (χ1) is 10.3. The van der Waals surface area contributed by atoms with Gasteiger partial charge < -0.3 is 19.5 Å². The summed E-state index contributed by atoms with van der Waals surface area (Å²) < 4.78 is 17.3. The van der Waals surface area contributed by atoms with Crippen LogP contribution in [0.4, 0.5) is 0 Å². The molecule has 1 aromatic carbocycles. The van der Waals surface area contributed by atoms with Crippen molar-refractivity contribution in [2.45, 2.75) is 45.8 Å². The van der Waals surface area contributed by atoms with Crippen LogP contribution in [0.25, 0.3) is 0 Å². The van der Waals surface area contributed by atoms with E-state index in [1.165, 1.54) is 5.56 Å². The van der Waals surface area contributed by atoms with Crippen molar-refractivity contribution in [1.29, 1.82) is 0 Å².